The molecule has 0 aliphatic heterocycles. The molecule has 126 valence electrons. The summed E-state index contributed by atoms with van der Waals surface area (Å²) in [7, 11) is 2.65. The van der Waals surface area contributed by atoms with Crippen molar-refractivity contribution in [2.24, 2.45) is 7.05 Å². The van der Waals surface area contributed by atoms with Gasteiger partial charge in [-0.25, -0.2) is 9.78 Å². The van der Waals surface area contributed by atoms with Crippen molar-refractivity contribution in [3.63, 3.8) is 0 Å². The minimum Gasteiger partial charge on any atom is -0.493 e. The first kappa shape index (κ1) is 17.8. The molecule has 0 amide bonds. The Morgan fingerprint density at radius 2 is 2.04 bits per heavy atom. The predicted octanol–water partition coefficient (Wildman–Crippen LogP) is 1.48. The highest BCUT2D eigenvalue weighted by atomic mass is 28.3. The maximum absolute atomic E-state index is 12.4. The summed E-state index contributed by atoms with van der Waals surface area (Å²) >= 11 is 0. The van der Waals surface area contributed by atoms with Crippen molar-refractivity contribution in [1.29, 1.82) is 0 Å². The maximum Gasteiger partial charge on any atom is 0.331 e. The molecule has 0 radical (unpaired) electrons. The number of nitrogens with zero attached hydrogens (tertiary/aromatic N) is 3. The Balaban J connectivity index is 2.20. The van der Waals surface area contributed by atoms with Crippen LogP contribution in [-0.2, 0) is 18.5 Å². The summed E-state index contributed by atoms with van der Waals surface area (Å²) in [4.78, 5) is 16.7. The van der Waals surface area contributed by atoms with E-state index < -0.39 is 8.07 Å². The van der Waals surface area contributed by atoms with E-state index in [9.17, 15) is 4.79 Å². The Labute approximate surface area is 138 Å². The number of rotatable bonds is 8. The third-order valence-corrected chi connectivity index (χ3v) is 5.34. The van der Waals surface area contributed by atoms with Gasteiger partial charge in [0.15, 0.2) is 5.65 Å². The number of hydrogen-bond acceptors (Lipinski definition) is 4. The topological polar surface area (TPSA) is 58.3 Å². The van der Waals surface area contributed by atoms with Crippen molar-refractivity contribution in [3.05, 3.63) is 22.7 Å². The zero-order chi connectivity index (χ0) is 17.0. The van der Waals surface area contributed by atoms with Crippen LogP contribution in [0.3, 0.4) is 0 Å². The maximum atomic E-state index is 12.4. The summed E-state index contributed by atoms with van der Waals surface area (Å²) in [6.07, 6.45) is 2.59. The van der Waals surface area contributed by atoms with Crippen LogP contribution in [0, 0.1) is 0 Å². The van der Waals surface area contributed by atoms with E-state index in [-0.39, 0.29) is 12.4 Å². The first-order chi connectivity index (χ1) is 10.8. The average Bonchev–Trinajstić information content (AvgIpc) is 2.72. The van der Waals surface area contributed by atoms with Gasteiger partial charge in [0.25, 0.3) is 0 Å². The second kappa shape index (κ2) is 7.35. The lowest BCUT2D eigenvalue weighted by Gasteiger charge is -2.15. The number of ether oxygens (including phenoxy) is 2. The lowest BCUT2D eigenvalue weighted by atomic mass is 10.1. The zero-order valence-corrected chi connectivity index (χ0v) is 15.8. The monoisotopic (exact) mass is 335 g/mol. The summed E-state index contributed by atoms with van der Waals surface area (Å²) in [6, 6.07) is 2.94. The molecule has 0 spiro atoms. The highest BCUT2D eigenvalue weighted by molar-refractivity contribution is 6.76. The molecule has 8 heteroatoms. The number of imidazole rings is 1. The summed E-state index contributed by atoms with van der Waals surface area (Å²) in [5, 5.41) is 0. The van der Waals surface area contributed by atoms with Gasteiger partial charge in [0.05, 0.1) is 18.3 Å². The van der Waals surface area contributed by atoms with E-state index >= 15 is 0 Å². The minimum atomic E-state index is -1.13. The quantitative estimate of drug-likeness (QED) is 0.542. The number of aromatic nitrogens is 3. The van der Waals surface area contributed by atoms with Crippen molar-refractivity contribution in [3.8, 4) is 5.75 Å². The molecule has 0 aliphatic carbocycles. The number of pyridine rings is 1. The second-order valence-electron chi connectivity index (χ2n) is 6.98. The molecule has 0 aliphatic rings. The van der Waals surface area contributed by atoms with Crippen LogP contribution in [0.5, 0.6) is 5.75 Å². The predicted molar refractivity (Wildman–Crippen MR) is 97.9 cm³/mol. The molecule has 0 bridgehead atoms. The van der Waals surface area contributed by atoms with Crippen molar-refractivity contribution in [1.82, 2.24) is 14.1 Å². The summed E-state index contributed by atoms with van der Waals surface area (Å²) in [5.74, 6) is 0.681. The smallest absolute Gasteiger partial charge is 0.331 e. The van der Waals surface area contributed by atoms with Crippen LogP contribution in [0.25, 0.3) is 11.2 Å². The Morgan fingerprint density at radius 1 is 1.30 bits per heavy atom. The Kier molecular flexibility index (Phi) is 5.70. The lowest BCUT2D eigenvalue weighted by molar-refractivity contribution is 0.0873. The molecule has 2 aromatic rings. The molecule has 2 heterocycles. The molecule has 23 heavy (non-hydrogen) atoms. The lowest BCUT2D eigenvalue weighted by Crippen LogP contribution is -2.25. The molecule has 2 rings (SSSR count). The summed E-state index contributed by atoms with van der Waals surface area (Å²) in [6.45, 7) is 8.49. The fourth-order valence-corrected chi connectivity index (χ4v) is 2.97. The molecular weight excluding hydrogens is 309 g/mol. The Hall–Kier alpha value is -1.54. The second-order valence-corrected chi connectivity index (χ2v) is 12.6. The Bertz CT molecular complexity index is 721. The van der Waals surface area contributed by atoms with E-state index in [4.69, 9.17) is 9.47 Å². The average molecular weight is 335 g/mol. The van der Waals surface area contributed by atoms with Gasteiger partial charge in [-0.2, -0.15) is 0 Å². The standard InChI is InChI=1S/C15H26BN3O3Si/c1-18-14-13(9-12(10-17-14)22-6-5-16)19(15(18)20)11-21-7-8-23(2,3)4/h9-10H,5-8,11,16H2,1-4H3. The van der Waals surface area contributed by atoms with Gasteiger partial charge in [-0.15, -0.1) is 0 Å². The molecular formula is C15H26BN3O3Si. The number of fused-ring (bicyclic) bond motifs is 1. The largest absolute Gasteiger partial charge is 0.493 e. The first-order valence-corrected chi connectivity index (χ1v) is 11.8. The van der Waals surface area contributed by atoms with Gasteiger partial charge in [0, 0.05) is 27.8 Å². The van der Waals surface area contributed by atoms with Gasteiger partial charge >= 0.3 is 5.69 Å². The van der Waals surface area contributed by atoms with E-state index in [1.165, 1.54) is 0 Å². The van der Waals surface area contributed by atoms with Crippen LogP contribution >= 0.6 is 0 Å². The fraction of sp³-hybridized carbons (Fsp3) is 0.600. The molecule has 0 fully saturated rings. The number of aryl methyl sites for hydroxylation is 1. The van der Waals surface area contributed by atoms with E-state index in [2.05, 4.69) is 32.5 Å². The van der Waals surface area contributed by atoms with E-state index in [0.29, 0.717) is 24.6 Å². The molecule has 0 atom stereocenters. The minimum absolute atomic E-state index is 0.117. The van der Waals surface area contributed by atoms with Crippen LogP contribution < -0.4 is 10.4 Å². The van der Waals surface area contributed by atoms with Gasteiger partial charge in [0.1, 0.15) is 20.3 Å². The van der Waals surface area contributed by atoms with E-state index in [1.807, 2.05) is 6.07 Å². The van der Waals surface area contributed by atoms with Crippen LogP contribution in [0.2, 0.25) is 32.0 Å². The van der Waals surface area contributed by atoms with Gasteiger partial charge in [-0.1, -0.05) is 19.6 Å². The van der Waals surface area contributed by atoms with Gasteiger partial charge in [-0.3, -0.25) is 9.13 Å². The van der Waals surface area contributed by atoms with Gasteiger partial charge in [-0.05, 0) is 12.4 Å². The van der Waals surface area contributed by atoms with Crippen LogP contribution in [0.1, 0.15) is 0 Å². The van der Waals surface area contributed by atoms with Crippen LogP contribution in [0.15, 0.2) is 17.1 Å². The summed E-state index contributed by atoms with van der Waals surface area (Å²) in [5.41, 5.74) is 1.28. The van der Waals surface area contributed by atoms with Crippen LogP contribution in [0.4, 0.5) is 0 Å². The highest BCUT2D eigenvalue weighted by Crippen LogP contribution is 2.18. The number of hydrogen-bond donors (Lipinski definition) is 0. The molecule has 0 saturated heterocycles. The van der Waals surface area contributed by atoms with E-state index in [0.717, 1.165) is 17.9 Å². The molecule has 0 unspecified atom stereocenters. The molecule has 2 aromatic heterocycles. The fourth-order valence-electron chi connectivity index (χ4n) is 2.22. The van der Waals surface area contributed by atoms with Crippen LogP contribution in [-0.4, -0.2) is 43.3 Å². The highest BCUT2D eigenvalue weighted by Gasteiger charge is 2.15. The van der Waals surface area contributed by atoms with E-state index in [1.54, 1.807) is 22.4 Å². The zero-order valence-electron chi connectivity index (χ0n) is 14.8. The third kappa shape index (κ3) is 4.48. The first-order valence-electron chi connectivity index (χ1n) is 8.09. The molecule has 0 saturated carbocycles. The normalized spacial score (nSPS) is 12.0. The molecule has 6 nitrogen and oxygen atoms in total. The SMILES string of the molecule is BCCOc1cnc2c(c1)n(COCC[Si](C)(C)C)c(=O)n2C. The van der Waals surface area contributed by atoms with Crippen molar-refractivity contribution in [2.75, 3.05) is 13.2 Å². The Morgan fingerprint density at radius 3 is 2.70 bits per heavy atom. The van der Waals surface area contributed by atoms with Gasteiger partial charge < -0.3 is 9.47 Å². The molecule has 0 N–H and O–H groups in total. The van der Waals surface area contributed by atoms with Crippen molar-refractivity contribution in [2.45, 2.75) is 38.7 Å². The van der Waals surface area contributed by atoms with Crippen molar-refractivity contribution < 1.29 is 9.47 Å². The van der Waals surface area contributed by atoms with Crippen molar-refractivity contribution >= 4 is 27.1 Å². The molecule has 0 aromatic carbocycles. The third-order valence-electron chi connectivity index (χ3n) is 3.64. The summed E-state index contributed by atoms with van der Waals surface area (Å²) < 4.78 is 14.5. The van der Waals surface area contributed by atoms with Gasteiger partial charge in [0.2, 0.25) is 0 Å².